The van der Waals surface area contributed by atoms with Crippen molar-refractivity contribution in [1.29, 1.82) is 0 Å². The van der Waals surface area contributed by atoms with E-state index < -0.39 is 10.0 Å². The lowest BCUT2D eigenvalue weighted by atomic mass is 10.1. The number of aromatic nitrogens is 2. The normalized spacial score (nSPS) is 15.9. The number of fused-ring (bicyclic) bond motifs is 1. The monoisotopic (exact) mass is 306 g/mol. The molecule has 2 N–H and O–H groups in total. The van der Waals surface area contributed by atoms with Gasteiger partial charge in [0.1, 0.15) is 10.7 Å². The highest BCUT2D eigenvalue weighted by molar-refractivity contribution is 7.89. The van der Waals surface area contributed by atoms with Crippen molar-refractivity contribution in [2.45, 2.75) is 31.8 Å². The number of hydrogen-bond donors (Lipinski definition) is 1. The molecule has 0 radical (unpaired) electrons. The quantitative estimate of drug-likeness (QED) is 0.848. The average Bonchev–Trinajstić information content (AvgIpc) is 2.90. The van der Waals surface area contributed by atoms with Gasteiger partial charge in [-0.1, -0.05) is 0 Å². The summed E-state index contributed by atoms with van der Waals surface area (Å²) in [5.74, 6) is 0.757. The standard InChI is InChI=1S/C14H18N4O2S/c1-10-7-12(15)13(8-11(10)2)21(19,20)18-6-5-17-4-3-16-14(17)9-18/h3-4,7-8H,5-6,9,15H2,1-2H3. The summed E-state index contributed by atoms with van der Waals surface area (Å²) in [6.45, 7) is 5.12. The Bertz CT molecular complexity index is 795. The van der Waals surface area contributed by atoms with Gasteiger partial charge in [-0.3, -0.25) is 0 Å². The third kappa shape index (κ3) is 2.32. The first kappa shape index (κ1) is 14.1. The Morgan fingerprint density at radius 3 is 2.67 bits per heavy atom. The number of nitrogens with zero attached hydrogens (tertiary/aromatic N) is 3. The zero-order valence-electron chi connectivity index (χ0n) is 12.1. The van der Waals surface area contributed by atoms with Crippen LogP contribution in [-0.4, -0.2) is 28.8 Å². The summed E-state index contributed by atoms with van der Waals surface area (Å²) in [5, 5.41) is 0. The first-order chi connectivity index (χ1) is 9.89. The van der Waals surface area contributed by atoms with E-state index in [2.05, 4.69) is 4.98 Å². The van der Waals surface area contributed by atoms with Crippen LogP contribution in [0.2, 0.25) is 0 Å². The summed E-state index contributed by atoms with van der Waals surface area (Å²) in [5.41, 5.74) is 8.13. The van der Waals surface area contributed by atoms with Gasteiger partial charge in [0.25, 0.3) is 0 Å². The number of benzene rings is 1. The van der Waals surface area contributed by atoms with Crippen LogP contribution in [0.4, 0.5) is 5.69 Å². The highest BCUT2D eigenvalue weighted by Crippen LogP contribution is 2.27. The minimum absolute atomic E-state index is 0.186. The third-order valence-electron chi connectivity index (χ3n) is 3.95. The molecular formula is C14H18N4O2S. The molecule has 112 valence electrons. The molecule has 0 aliphatic carbocycles. The van der Waals surface area contributed by atoms with E-state index in [0.717, 1.165) is 17.0 Å². The van der Waals surface area contributed by atoms with Gasteiger partial charge in [-0.2, -0.15) is 4.31 Å². The third-order valence-corrected chi connectivity index (χ3v) is 5.85. The van der Waals surface area contributed by atoms with Crippen molar-refractivity contribution in [1.82, 2.24) is 13.9 Å². The molecule has 0 atom stereocenters. The molecule has 0 spiro atoms. The fourth-order valence-corrected chi connectivity index (χ4v) is 4.10. The summed E-state index contributed by atoms with van der Waals surface area (Å²) in [6.07, 6.45) is 3.56. The molecule has 1 aliphatic rings. The molecule has 0 fully saturated rings. The van der Waals surface area contributed by atoms with Crippen LogP contribution in [0, 0.1) is 13.8 Å². The number of rotatable bonds is 2. The fraction of sp³-hybridized carbons (Fsp3) is 0.357. The minimum Gasteiger partial charge on any atom is -0.398 e. The number of sulfonamides is 1. The van der Waals surface area contributed by atoms with Crippen LogP contribution >= 0.6 is 0 Å². The molecule has 0 bridgehead atoms. The lowest BCUT2D eigenvalue weighted by Gasteiger charge is -2.27. The van der Waals surface area contributed by atoms with Gasteiger partial charge in [-0.25, -0.2) is 13.4 Å². The summed E-state index contributed by atoms with van der Waals surface area (Å²) in [6, 6.07) is 3.37. The SMILES string of the molecule is Cc1cc(N)c(S(=O)(=O)N2CCn3ccnc3C2)cc1C. The second-order valence-electron chi connectivity index (χ2n) is 5.35. The summed E-state index contributed by atoms with van der Waals surface area (Å²) < 4.78 is 29.0. The predicted molar refractivity (Wildman–Crippen MR) is 80.2 cm³/mol. The molecule has 6 nitrogen and oxygen atoms in total. The lowest BCUT2D eigenvalue weighted by Crippen LogP contribution is -2.38. The van der Waals surface area contributed by atoms with Crippen molar-refractivity contribution in [2.75, 3.05) is 12.3 Å². The number of anilines is 1. The van der Waals surface area contributed by atoms with Crippen LogP contribution in [-0.2, 0) is 23.1 Å². The molecule has 2 heterocycles. The van der Waals surface area contributed by atoms with Gasteiger partial charge in [0.2, 0.25) is 10.0 Å². The zero-order valence-corrected chi connectivity index (χ0v) is 12.9. The van der Waals surface area contributed by atoms with E-state index in [0.29, 0.717) is 18.8 Å². The van der Waals surface area contributed by atoms with Crippen molar-refractivity contribution in [2.24, 2.45) is 0 Å². The summed E-state index contributed by atoms with van der Waals surface area (Å²) in [4.78, 5) is 4.38. The van der Waals surface area contributed by atoms with Gasteiger partial charge < -0.3 is 10.3 Å². The van der Waals surface area contributed by atoms with E-state index in [9.17, 15) is 8.42 Å². The van der Waals surface area contributed by atoms with E-state index in [1.165, 1.54) is 4.31 Å². The number of nitrogen functional groups attached to an aromatic ring is 1. The second kappa shape index (κ2) is 4.85. The Hall–Kier alpha value is -1.86. The number of imidazole rings is 1. The largest absolute Gasteiger partial charge is 0.398 e. The van der Waals surface area contributed by atoms with E-state index in [1.54, 1.807) is 18.3 Å². The van der Waals surface area contributed by atoms with E-state index in [1.807, 2.05) is 24.6 Å². The molecule has 1 aromatic carbocycles. The van der Waals surface area contributed by atoms with Crippen molar-refractivity contribution in [3.63, 3.8) is 0 Å². The molecule has 0 unspecified atom stereocenters. The summed E-state index contributed by atoms with van der Waals surface area (Å²) >= 11 is 0. The van der Waals surface area contributed by atoms with Gasteiger partial charge in [0.15, 0.2) is 0 Å². The van der Waals surface area contributed by atoms with Gasteiger partial charge >= 0.3 is 0 Å². The van der Waals surface area contributed by atoms with Crippen LogP contribution in [0.25, 0.3) is 0 Å². The Kier molecular flexibility index (Phi) is 3.26. The average molecular weight is 306 g/mol. The van der Waals surface area contributed by atoms with Crippen molar-refractivity contribution >= 4 is 15.7 Å². The first-order valence-electron chi connectivity index (χ1n) is 6.76. The zero-order chi connectivity index (χ0) is 15.2. The highest BCUT2D eigenvalue weighted by atomic mass is 32.2. The smallest absolute Gasteiger partial charge is 0.245 e. The van der Waals surface area contributed by atoms with Crippen LogP contribution in [0.5, 0.6) is 0 Å². The molecular weight excluding hydrogens is 288 g/mol. The molecule has 1 aromatic heterocycles. The topological polar surface area (TPSA) is 81.2 Å². The molecule has 0 saturated carbocycles. The molecule has 3 rings (SSSR count). The van der Waals surface area contributed by atoms with E-state index in [-0.39, 0.29) is 11.4 Å². The predicted octanol–water partition coefficient (Wildman–Crippen LogP) is 1.29. The summed E-state index contributed by atoms with van der Waals surface area (Å²) in [7, 11) is -3.60. The van der Waals surface area contributed by atoms with Crippen LogP contribution in [0.15, 0.2) is 29.4 Å². The number of hydrogen-bond acceptors (Lipinski definition) is 4. The maximum absolute atomic E-state index is 12.8. The minimum atomic E-state index is -3.60. The van der Waals surface area contributed by atoms with Gasteiger partial charge in [-0.15, -0.1) is 0 Å². The Labute approximate surface area is 124 Å². The molecule has 0 saturated heterocycles. The van der Waals surface area contributed by atoms with Crippen LogP contribution in [0.1, 0.15) is 17.0 Å². The maximum Gasteiger partial charge on any atom is 0.245 e. The second-order valence-corrected chi connectivity index (χ2v) is 7.26. The Morgan fingerprint density at radius 2 is 1.90 bits per heavy atom. The highest BCUT2D eigenvalue weighted by Gasteiger charge is 2.30. The maximum atomic E-state index is 12.8. The van der Waals surface area contributed by atoms with Gasteiger partial charge in [0, 0.05) is 25.5 Å². The van der Waals surface area contributed by atoms with Crippen LogP contribution < -0.4 is 5.73 Å². The van der Waals surface area contributed by atoms with Crippen molar-refractivity contribution in [3.05, 3.63) is 41.5 Å². The van der Waals surface area contributed by atoms with Crippen molar-refractivity contribution < 1.29 is 8.42 Å². The number of aryl methyl sites for hydroxylation is 2. The van der Waals surface area contributed by atoms with Crippen LogP contribution in [0.3, 0.4) is 0 Å². The Morgan fingerprint density at radius 1 is 1.19 bits per heavy atom. The van der Waals surface area contributed by atoms with E-state index in [4.69, 9.17) is 5.73 Å². The molecule has 0 amide bonds. The van der Waals surface area contributed by atoms with Gasteiger partial charge in [0.05, 0.1) is 12.2 Å². The van der Waals surface area contributed by atoms with Gasteiger partial charge in [-0.05, 0) is 37.1 Å². The number of nitrogens with two attached hydrogens (primary N) is 1. The molecule has 2 aromatic rings. The Balaban J connectivity index is 2.00. The fourth-order valence-electron chi connectivity index (χ4n) is 2.53. The molecule has 7 heteroatoms. The van der Waals surface area contributed by atoms with E-state index >= 15 is 0 Å². The molecule has 21 heavy (non-hydrogen) atoms. The molecule has 1 aliphatic heterocycles. The lowest BCUT2D eigenvalue weighted by molar-refractivity contribution is 0.335. The first-order valence-corrected chi connectivity index (χ1v) is 8.20. The van der Waals surface area contributed by atoms with Crippen molar-refractivity contribution in [3.8, 4) is 0 Å².